The van der Waals surface area contributed by atoms with Crippen LogP contribution in [-0.2, 0) is 10.0 Å². The number of sulfonamides is 1. The largest absolute Gasteiger partial charge is 0.391 e. The highest BCUT2D eigenvalue weighted by Crippen LogP contribution is 2.21. The molecule has 0 aliphatic heterocycles. The summed E-state index contributed by atoms with van der Waals surface area (Å²) in [5.74, 6) is 0. The van der Waals surface area contributed by atoms with E-state index < -0.39 is 16.1 Å². The highest BCUT2D eigenvalue weighted by Gasteiger charge is 2.27. The van der Waals surface area contributed by atoms with Crippen LogP contribution in [0.25, 0.3) is 0 Å². The highest BCUT2D eigenvalue weighted by molar-refractivity contribution is 7.89. The molecular formula is C12H16ClNO3S. The third kappa shape index (κ3) is 3.23. The summed E-state index contributed by atoms with van der Waals surface area (Å²) in [5.41, 5.74) is 0. The summed E-state index contributed by atoms with van der Waals surface area (Å²) in [6.07, 6.45) is 2.60. The quantitative estimate of drug-likeness (QED) is 0.893. The lowest BCUT2D eigenvalue weighted by Gasteiger charge is -2.28. The van der Waals surface area contributed by atoms with Gasteiger partial charge in [0.15, 0.2) is 0 Å². The van der Waals surface area contributed by atoms with Gasteiger partial charge in [-0.25, -0.2) is 13.1 Å². The van der Waals surface area contributed by atoms with Crippen LogP contribution >= 0.6 is 11.6 Å². The van der Waals surface area contributed by atoms with Crippen molar-refractivity contribution in [3.05, 3.63) is 29.3 Å². The molecule has 2 N–H and O–H groups in total. The Bertz CT molecular complexity index is 501. The van der Waals surface area contributed by atoms with E-state index in [9.17, 15) is 13.5 Å². The monoisotopic (exact) mass is 289 g/mol. The van der Waals surface area contributed by atoms with Gasteiger partial charge >= 0.3 is 0 Å². The molecule has 18 heavy (non-hydrogen) atoms. The summed E-state index contributed by atoms with van der Waals surface area (Å²) in [6.45, 7) is 0. The molecule has 6 heteroatoms. The van der Waals surface area contributed by atoms with Gasteiger partial charge in [0.05, 0.1) is 11.0 Å². The molecule has 1 fully saturated rings. The molecule has 100 valence electrons. The number of benzene rings is 1. The molecule has 0 radical (unpaired) electrons. The molecule has 0 heterocycles. The standard InChI is InChI=1S/C12H16ClNO3S/c13-9-5-7-10(8-6-9)18(16,17)14-11-3-1-2-4-12(11)15/h5-8,11-12,14-15H,1-4H2/t11-,12-/m0/s1. The highest BCUT2D eigenvalue weighted by atomic mass is 35.5. The lowest BCUT2D eigenvalue weighted by molar-refractivity contribution is 0.101. The molecule has 1 saturated carbocycles. The van der Waals surface area contributed by atoms with Crippen molar-refractivity contribution in [2.45, 2.75) is 42.7 Å². The van der Waals surface area contributed by atoms with Gasteiger partial charge in [-0.2, -0.15) is 0 Å². The summed E-state index contributed by atoms with van der Waals surface area (Å²) in [4.78, 5) is 0.171. The molecule has 0 aromatic heterocycles. The maximum absolute atomic E-state index is 12.1. The van der Waals surface area contributed by atoms with Crippen LogP contribution in [0.2, 0.25) is 5.02 Å². The van der Waals surface area contributed by atoms with Crippen LogP contribution in [-0.4, -0.2) is 25.7 Å². The van der Waals surface area contributed by atoms with Crippen LogP contribution in [0.4, 0.5) is 0 Å². The number of aliphatic hydroxyl groups excluding tert-OH is 1. The van der Waals surface area contributed by atoms with Crippen LogP contribution in [0.1, 0.15) is 25.7 Å². The number of hydrogen-bond donors (Lipinski definition) is 2. The molecule has 0 amide bonds. The summed E-state index contributed by atoms with van der Waals surface area (Å²) >= 11 is 5.72. The average molecular weight is 290 g/mol. The van der Waals surface area contributed by atoms with Gasteiger partial charge in [0.25, 0.3) is 0 Å². The first-order chi connectivity index (χ1) is 8.49. The van der Waals surface area contributed by atoms with E-state index in [0.717, 1.165) is 12.8 Å². The number of halogens is 1. The zero-order chi connectivity index (χ0) is 13.2. The fourth-order valence-electron chi connectivity index (χ4n) is 2.13. The Hall–Kier alpha value is -0.620. The first-order valence-corrected chi connectivity index (χ1v) is 7.81. The predicted octanol–water partition coefficient (Wildman–Crippen LogP) is 1.92. The number of rotatable bonds is 3. The van der Waals surface area contributed by atoms with Gasteiger partial charge < -0.3 is 5.11 Å². The summed E-state index contributed by atoms with van der Waals surface area (Å²) in [7, 11) is -3.58. The number of aliphatic hydroxyl groups is 1. The van der Waals surface area contributed by atoms with Crippen LogP contribution in [0.3, 0.4) is 0 Å². The van der Waals surface area contributed by atoms with Gasteiger partial charge in [0.2, 0.25) is 10.0 Å². The van der Waals surface area contributed by atoms with Gasteiger partial charge in [0, 0.05) is 11.1 Å². The van der Waals surface area contributed by atoms with E-state index in [-0.39, 0.29) is 10.9 Å². The maximum atomic E-state index is 12.1. The third-order valence-corrected chi connectivity index (χ3v) is 4.92. The smallest absolute Gasteiger partial charge is 0.240 e. The maximum Gasteiger partial charge on any atom is 0.240 e. The van der Waals surface area contributed by atoms with Gasteiger partial charge in [-0.3, -0.25) is 0 Å². The Labute approximate surface area is 112 Å². The Morgan fingerprint density at radius 1 is 1.17 bits per heavy atom. The fourth-order valence-corrected chi connectivity index (χ4v) is 3.56. The molecule has 2 atom stereocenters. The van der Waals surface area contributed by atoms with Crippen LogP contribution in [0.5, 0.6) is 0 Å². The lowest BCUT2D eigenvalue weighted by Crippen LogP contribution is -2.44. The van der Waals surface area contributed by atoms with Gasteiger partial charge in [-0.1, -0.05) is 24.4 Å². The molecule has 1 aliphatic carbocycles. The topological polar surface area (TPSA) is 66.4 Å². The van der Waals surface area contributed by atoms with Crippen molar-refractivity contribution in [2.24, 2.45) is 0 Å². The Morgan fingerprint density at radius 3 is 2.39 bits per heavy atom. The van der Waals surface area contributed by atoms with E-state index in [1.165, 1.54) is 24.3 Å². The Morgan fingerprint density at radius 2 is 1.78 bits per heavy atom. The van der Waals surface area contributed by atoms with E-state index in [4.69, 9.17) is 11.6 Å². The summed E-state index contributed by atoms with van der Waals surface area (Å²) in [5, 5.41) is 10.3. The zero-order valence-corrected chi connectivity index (χ0v) is 11.4. The SMILES string of the molecule is O=S(=O)(N[C@H]1CCCC[C@@H]1O)c1ccc(Cl)cc1. The van der Waals surface area contributed by atoms with Gasteiger partial charge in [-0.05, 0) is 37.1 Å². The first-order valence-electron chi connectivity index (χ1n) is 5.95. The summed E-state index contributed by atoms with van der Waals surface area (Å²) in [6, 6.07) is 5.60. The minimum atomic E-state index is -3.58. The predicted molar refractivity (Wildman–Crippen MR) is 70.0 cm³/mol. The van der Waals surface area contributed by atoms with Gasteiger partial charge in [-0.15, -0.1) is 0 Å². The number of hydrogen-bond acceptors (Lipinski definition) is 3. The second-order valence-electron chi connectivity index (χ2n) is 4.53. The molecule has 2 rings (SSSR count). The normalized spacial score (nSPS) is 25.0. The van der Waals surface area contributed by atoms with Crippen LogP contribution in [0.15, 0.2) is 29.2 Å². The van der Waals surface area contributed by atoms with Gasteiger partial charge in [0.1, 0.15) is 0 Å². The molecule has 0 spiro atoms. The second kappa shape index (κ2) is 5.57. The van der Waals surface area contributed by atoms with Crippen LogP contribution in [0, 0.1) is 0 Å². The molecule has 4 nitrogen and oxygen atoms in total. The van der Waals surface area contributed by atoms with Crippen molar-refractivity contribution in [1.82, 2.24) is 4.72 Å². The minimum absolute atomic E-state index is 0.171. The first kappa shape index (κ1) is 13.8. The van der Waals surface area contributed by atoms with Crippen molar-refractivity contribution < 1.29 is 13.5 Å². The van der Waals surface area contributed by atoms with Crippen LogP contribution < -0.4 is 4.72 Å². The molecule has 0 saturated heterocycles. The molecule has 0 unspecified atom stereocenters. The van der Waals surface area contributed by atoms with E-state index in [1.54, 1.807) is 0 Å². The number of nitrogens with one attached hydrogen (secondary N) is 1. The Balaban J connectivity index is 2.13. The lowest BCUT2D eigenvalue weighted by atomic mass is 9.93. The van der Waals surface area contributed by atoms with E-state index in [1.807, 2.05) is 0 Å². The fraction of sp³-hybridized carbons (Fsp3) is 0.500. The van der Waals surface area contributed by atoms with Crippen molar-refractivity contribution in [3.8, 4) is 0 Å². The van der Waals surface area contributed by atoms with E-state index in [0.29, 0.717) is 17.9 Å². The minimum Gasteiger partial charge on any atom is -0.391 e. The summed E-state index contributed by atoms with van der Waals surface area (Å²) < 4.78 is 26.7. The van der Waals surface area contributed by atoms with Crippen molar-refractivity contribution >= 4 is 21.6 Å². The molecule has 1 aliphatic rings. The van der Waals surface area contributed by atoms with Crippen molar-refractivity contribution in [3.63, 3.8) is 0 Å². The zero-order valence-electron chi connectivity index (χ0n) is 9.84. The molecular weight excluding hydrogens is 274 g/mol. The Kier molecular flexibility index (Phi) is 4.27. The average Bonchev–Trinajstić information content (AvgIpc) is 2.32. The molecule has 0 bridgehead atoms. The van der Waals surface area contributed by atoms with E-state index in [2.05, 4.69) is 4.72 Å². The third-order valence-electron chi connectivity index (χ3n) is 3.16. The molecule has 1 aromatic carbocycles. The van der Waals surface area contributed by atoms with Crippen molar-refractivity contribution in [1.29, 1.82) is 0 Å². The second-order valence-corrected chi connectivity index (χ2v) is 6.68. The molecule has 1 aromatic rings. The van der Waals surface area contributed by atoms with Crippen molar-refractivity contribution in [2.75, 3.05) is 0 Å². The van der Waals surface area contributed by atoms with E-state index >= 15 is 0 Å².